The molecular weight excluding hydrogens is 309 g/mol. The molecule has 0 aliphatic carbocycles. The Morgan fingerprint density at radius 2 is 2.26 bits per heavy atom. The maximum Gasteiger partial charge on any atom is 0.257 e. The molecule has 1 heterocycles. The van der Waals surface area contributed by atoms with Crippen molar-refractivity contribution in [3.8, 4) is 0 Å². The predicted octanol–water partition coefficient (Wildman–Crippen LogP) is 4.38. The molecule has 1 aliphatic rings. The van der Waals surface area contributed by atoms with Crippen LogP contribution in [0.2, 0.25) is 0 Å². The van der Waals surface area contributed by atoms with Crippen LogP contribution in [0, 0.1) is 5.82 Å². The molecule has 1 fully saturated rings. The van der Waals surface area contributed by atoms with Gasteiger partial charge in [0.1, 0.15) is 5.82 Å². The van der Waals surface area contributed by atoms with Gasteiger partial charge in [0.05, 0.1) is 5.56 Å². The van der Waals surface area contributed by atoms with Gasteiger partial charge in [0.2, 0.25) is 0 Å². The van der Waals surface area contributed by atoms with Crippen molar-refractivity contribution in [1.29, 1.82) is 0 Å². The van der Waals surface area contributed by atoms with Crippen LogP contribution >= 0.6 is 15.9 Å². The van der Waals surface area contributed by atoms with Crippen molar-refractivity contribution >= 4 is 21.8 Å². The highest BCUT2D eigenvalue weighted by molar-refractivity contribution is 9.10. The van der Waals surface area contributed by atoms with E-state index in [2.05, 4.69) is 22.9 Å². The van der Waals surface area contributed by atoms with Crippen LogP contribution in [0.4, 0.5) is 4.39 Å². The molecule has 0 bridgehead atoms. The van der Waals surface area contributed by atoms with Gasteiger partial charge in [-0.1, -0.05) is 29.3 Å². The average Bonchev–Trinajstić information content (AvgIpc) is 2.42. The molecule has 2 rings (SSSR count). The van der Waals surface area contributed by atoms with Gasteiger partial charge < -0.3 is 4.90 Å². The highest BCUT2D eigenvalue weighted by Gasteiger charge is 2.28. The number of carbonyl (C=O) groups excluding carboxylic acids is 1. The molecule has 0 aromatic heterocycles. The Labute approximate surface area is 122 Å². The molecular formula is C15H19BrFNO. The number of nitrogens with zero attached hydrogens (tertiary/aromatic N) is 1. The van der Waals surface area contributed by atoms with Gasteiger partial charge >= 0.3 is 0 Å². The molecule has 0 saturated carbocycles. The number of halogens is 2. The van der Waals surface area contributed by atoms with E-state index < -0.39 is 5.82 Å². The molecule has 1 aromatic rings. The SMILES string of the molecule is CCCC1CCCCN1C(=O)c1cc(Br)ccc1F. The number of rotatable bonds is 3. The topological polar surface area (TPSA) is 20.3 Å². The van der Waals surface area contributed by atoms with Gasteiger partial charge in [-0.15, -0.1) is 0 Å². The summed E-state index contributed by atoms with van der Waals surface area (Å²) in [5, 5.41) is 0. The van der Waals surface area contributed by atoms with Crippen molar-refractivity contribution in [3.05, 3.63) is 34.1 Å². The highest BCUT2D eigenvalue weighted by atomic mass is 79.9. The second kappa shape index (κ2) is 6.51. The fourth-order valence-electron chi connectivity index (χ4n) is 2.72. The first-order valence-corrected chi connectivity index (χ1v) is 7.68. The molecule has 0 radical (unpaired) electrons. The summed E-state index contributed by atoms with van der Waals surface area (Å²) in [6.07, 6.45) is 5.27. The quantitative estimate of drug-likeness (QED) is 0.806. The van der Waals surface area contributed by atoms with Crippen LogP contribution < -0.4 is 0 Å². The number of carbonyl (C=O) groups is 1. The zero-order valence-electron chi connectivity index (χ0n) is 11.2. The monoisotopic (exact) mass is 327 g/mol. The fraction of sp³-hybridized carbons (Fsp3) is 0.533. The minimum atomic E-state index is -0.436. The zero-order chi connectivity index (χ0) is 13.8. The van der Waals surface area contributed by atoms with Gasteiger partial charge in [-0.3, -0.25) is 4.79 Å². The van der Waals surface area contributed by atoms with E-state index in [9.17, 15) is 9.18 Å². The zero-order valence-corrected chi connectivity index (χ0v) is 12.7. The molecule has 19 heavy (non-hydrogen) atoms. The molecule has 1 aliphatic heterocycles. The summed E-state index contributed by atoms with van der Waals surface area (Å²) in [6.45, 7) is 2.87. The van der Waals surface area contributed by atoms with Crippen molar-refractivity contribution in [2.45, 2.75) is 45.1 Å². The summed E-state index contributed by atoms with van der Waals surface area (Å²) in [4.78, 5) is 14.4. The molecule has 2 nitrogen and oxygen atoms in total. The highest BCUT2D eigenvalue weighted by Crippen LogP contribution is 2.25. The molecule has 1 saturated heterocycles. The molecule has 1 atom stereocenters. The second-order valence-electron chi connectivity index (χ2n) is 5.06. The van der Waals surface area contributed by atoms with Crippen LogP contribution in [0.15, 0.2) is 22.7 Å². The normalized spacial score (nSPS) is 19.5. The summed E-state index contributed by atoms with van der Waals surface area (Å²) in [5.41, 5.74) is 0.178. The third-order valence-corrected chi connectivity index (χ3v) is 4.16. The summed E-state index contributed by atoms with van der Waals surface area (Å²) >= 11 is 3.30. The maximum absolute atomic E-state index is 13.8. The number of likely N-dealkylation sites (tertiary alicyclic amines) is 1. The summed E-state index contributed by atoms with van der Waals surface area (Å²) in [7, 11) is 0. The Morgan fingerprint density at radius 3 is 3.00 bits per heavy atom. The number of amides is 1. The average molecular weight is 328 g/mol. The van der Waals surface area contributed by atoms with Crippen LogP contribution in [0.25, 0.3) is 0 Å². The van der Waals surface area contributed by atoms with Crippen molar-refractivity contribution in [2.75, 3.05) is 6.54 Å². The maximum atomic E-state index is 13.8. The van der Waals surface area contributed by atoms with Crippen molar-refractivity contribution in [2.24, 2.45) is 0 Å². The van der Waals surface area contributed by atoms with Crippen molar-refractivity contribution in [3.63, 3.8) is 0 Å². The summed E-state index contributed by atoms with van der Waals surface area (Å²) in [5.74, 6) is -0.606. The second-order valence-corrected chi connectivity index (χ2v) is 5.98. The number of benzene rings is 1. The van der Waals surface area contributed by atoms with E-state index in [0.29, 0.717) is 0 Å². The molecule has 4 heteroatoms. The molecule has 1 aromatic carbocycles. The van der Waals surface area contributed by atoms with Crippen LogP contribution in [0.5, 0.6) is 0 Å². The van der Waals surface area contributed by atoms with Crippen LogP contribution in [-0.2, 0) is 0 Å². The van der Waals surface area contributed by atoms with Gasteiger partial charge in [-0.25, -0.2) is 4.39 Å². The first-order chi connectivity index (χ1) is 9.13. The van der Waals surface area contributed by atoms with E-state index >= 15 is 0 Å². The Balaban J connectivity index is 2.23. The third-order valence-electron chi connectivity index (χ3n) is 3.67. The number of piperidine rings is 1. The van der Waals surface area contributed by atoms with Gasteiger partial charge in [0.15, 0.2) is 0 Å². The summed E-state index contributed by atoms with van der Waals surface area (Å²) in [6, 6.07) is 4.81. The van der Waals surface area contributed by atoms with E-state index in [-0.39, 0.29) is 17.5 Å². The van der Waals surface area contributed by atoms with E-state index in [1.54, 1.807) is 12.1 Å². The molecule has 0 spiro atoms. The summed E-state index contributed by atoms with van der Waals surface area (Å²) < 4.78 is 14.6. The Hall–Kier alpha value is -0.900. The smallest absolute Gasteiger partial charge is 0.257 e. The number of hydrogen-bond donors (Lipinski definition) is 0. The molecule has 1 unspecified atom stereocenters. The minimum Gasteiger partial charge on any atom is -0.336 e. The molecule has 1 amide bonds. The largest absolute Gasteiger partial charge is 0.336 e. The van der Waals surface area contributed by atoms with E-state index in [4.69, 9.17) is 0 Å². The lowest BCUT2D eigenvalue weighted by molar-refractivity contribution is 0.0596. The van der Waals surface area contributed by atoms with Crippen LogP contribution in [0.3, 0.4) is 0 Å². The van der Waals surface area contributed by atoms with Gasteiger partial charge in [0, 0.05) is 17.1 Å². The van der Waals surface area contributed by atoms with E-state index in [0.717, 1.165) is 43.1 Å². The van der Waals surface area contributed by atoms with Gasteiger partial charge in [0.25, 0.3) is 5.91 Å². The van der Waals surface area contributed by atoms with Crippen LogP contribution in [0.1, 0.15) is 49.4 Å². The van der Waals surface area contributed by atoms with E-state index in [1.165, 1.54) is 6.07 Å². The lowest BCUT2D eigenvalue weighted by Gasteiger charge is -2.36. The lowest BCUT2D eigenvalue weighted by atomic mass is 9.97. The Bertz CT molecular complexity index is 461. The first kappa shape index (κ1) is 14.5. The Kier molecular flexibility index (Phi) is 4.97. The van der Waals surface area contributed by atoms with Gasteiger partial charge in [-0.05, 0) is 43.9 Å². The minimum absolute atomic E-state index is 0.169. The standard InChI is InChI=1S/C15H19BrFNO/c1-2-5-12-6-3-4-9-18(12)15(19)13-10-11(16)7-8-14(13)17/h7-8,10,12H,2-6,9H2,1H3. The van der Waals surface area contributed by atoms with Crippen molar-refractivity contribution in [1.82, 2.24) is 4.90 Å². The van der Waals surface area contributed by atoms with Crippen molar-refractivity contribution < 1.29 is 9.18 Å². The lowest BCUT2D eigenvalue weighted by Crippen LogP contribution is -2.43. The first-order valence-electron chi connectivity index (χ1n) is 6.89. The van der Waals surface area contributed by atoms with Gasteiger partial charge in [-0.2, -0.15) is 0 Å². The molecule has 0 N–H and O–H groups in total. The van der Waals surface area contributed by atoms with E-state index in [1.807, 2.05) is 4.90 Å². The predicted molar refractivity (Wildman–Crippen MR) is 77.7 cm³/mol. The molecule has 104 valence electrons. The Morgan fingerprint density at radius 1 is 1.47 bits per heavy atom. The third kappa shape index (κ3) is 3.35. The fourth-order valence-corrected chi connectivity index (χ4v) is 3.08. The van der Waals surface area contributed by atoms with Crippen LogP contribution in [-0.4, -0.2) is 23.4 Å². The number of hydrogen-bond acceptors (Lipinski definition) is 1.